The van der Waals surface area contributed by atoms with Crippen LogP contribution in [0.4, 0.5) is 0 Å². The Hall–Kier alpha value is -1.58. The molecule has 1 aromatic carbocycles. The van der Waals surface area contributed by atoms with Crippen LogP contribution in [0.25, 0.3) is 0 Å². The van der Waals surface area contributed by atoms with E-state index in [1.807, 2.05) is 24.9 Å². The van der Waals surface area contributed by atoms with Crippen molar-refractivity contribution in [1.29, 1.82) is 0 Å². The van der Waals surface area contributed by atoms with Gasteiger partial charge in [0, 0.05) is 22.7 Å². The molecule has 0 N–H and O–H groups in total. The van der Waals surface area contributed by atoms with Gasteiger partial charge >= 0.3 is 0 Å². The Labute approximate surface area is 117 Å². The van der Waals surface area contributed by atoms with Crippen molar-refractivity contribution in [2.75, 3.05) is 13.6 Å². The molecule has 0 bridgehead atoms. The first-order chi connectivity index (χ1) is 9.06. The van der Waals surface area contributed by atoms with Crippen LogP contribution in [0.15, 0.2) is 41.0 Å². The molecule has 2 rings (SSSR count). The first-order valence-corrected chi connectivity index (χ1v) is 6.44. The highest BCUT2D eigenvalue weighted by Crippen LogP contribution is 2.13. The molecular weight excluding hydrogens is 262 g/mol. The van der Waals surface area contributed by atoms with Gasteiger partial charge in [-0.1, -0.05) is 23.7 Å². The molecule has 2 aromatic rings. The number of hydrogen-bond acceptors (Lipinski definition) is 3. The summed E-state index contributed by atoms with van der Waals surface area (Å²) in [5.41, 5.74) is 1.74. The molecule has 100 valence electrons. The first kappa shape index (κ1) is 13.8. The Bertz CT molecular complexity index is 577. The smallest absolute Gasteiger partial charge is 0.176 e. The normalized spacial score (nSPS) is 10.9. The van der Waals surface area contributed by atoms with Crippen molar-refractivity contribution < 1.29 is 9.21 Å². The number of halogens is 1. The molecule has 0 aliphatic heterocycles. The molecule has 0 aliphatic rings. The predicted octanol–water partition coefficient (Wildman–Crippen LogP) is 3.56. The van der Waals surface area contributed by atoms with Crippen molar-refractivity contribution in [3.05, 3.63) is 58.5 Å². The number of benzene rings is 1. The molecule has 0 aliphatic carbocycles. The molecule has 0 saturated heterocycles. The lowest BCUT2D eigenvalue weighted by Gasteiger charge is -2.15. The number of carbonyl (C=O) groups excluding carboxylic acids is 1. The zero-order valence-electron chi connectivity index (χ0n) is 11.0. The standard InChI is InChI=1S/C15H16ClNO2/c1-11-13(6-7-19-11)9-17(2)10-15(18)12-4-3-5-14(16)8-12/h3-8H,9-10H2,1-2H3. The molecule has 0 spiro atoms. The highest BCUT2D eigenvalue weighted by atomic mass is 35.5. The van der Waals surface area contributed by atoms with Crippen molar-refractivity contribution in [1.82, 2.24) is 4.90 Å². The van der Waals surface area contributed by atoms with Crippen LogP contribution >= 0.6 is 11.6 Å². The fraction of sp³-hybridized carbons (Fsp3) is 0.267. The van der Waals surface area contributed by atoms with Crippen molar-refractivity contribution >= 4 is 17.4 Å². The van der Waals surface area contributed by atoms with Gasteiger partial charge in [0.1, 0.15) is 5.76 Å². The van der Waals surface area contributed by atoms with Crippen LogP contribution < -0.4 is 0 Å². The molecule has 0 unspecified atom stereocenters. The summed E-state index contributed by atoms with van der Waals surface area (Å²) in [7, 11) is 1.91. The molecule has 19 heavy (non-hydrogen) atoms. The van der Waals surface area contributed by atoms with E-state index >= 15 is 0 Å². The molecule has 0 amide bonds. The molecule has 0 radical (unpaired) electrons. The summed E-state index contributed by atoms with van der Waals surface area (Å²) in [6.07, 6.45) is 1.66. The second-order valence-electron chi connectivity index (χ2n) is 4.61. The SMILES string of the molecule is Cc1occc1CN(C)CC(=O)c1cccc(Cl)c1. The lowest BCUT2D eigenvalue weighted by molar-refractivity contribution is 0.0942. The fourth-order valence-electron chi connectivity index (χ4n) is 1.92. The lowest BCUT2D eigenvalue weighted by atomic mass is 10.1. The summed E-state index contributed by atoms with van der Waals surface area (Å²) in [5, 5.41) is 0.583. The highest BCUT2D eigenvalue weighted by molar-refractivity contribution is 6.31. The summed E-state index contributed by atoms with van der Waals surface area (Å²) in [5.74, 6) is 0.952. The van der Waals surface area contributed by atoms with Crippen LogP contribution in [0.2, 0.25) is 5.02 Å². The number of likely N-dealkylation sites (N-methyl/N-ethyl adjacent to an activating group) is 1. The van der Waals surface area contributed by atoms with Crippen LogP contribution in [0.5, 0.6) is 0 Å². The maximum Gasteiger partial charge on any atom is 0.176 e. The van der Waals surface area contributed by atoms with E-state index in [0.717, 1.165) is 11.3 Å². The monoisotopic (exact) mass is 277 g/mol. The molecule has 0 atom stereocenters. The van der Waals surface area contributed by atoms with E-state index in [2.05, 4.69) is 0 Å². The minimum absolute atomic E-state index is 0.0612. The third kappa shape index (κ3) is 3.69. The van der Waals surface area contributed by atoms with Crippen molar-refractivity contribution in [2.24, 2.45) is 0 Å². The van der Waals surface area contributed by atoms with Gasteiger partial charge in [-0.15, -0.1) is 0 Å². The van der Waals surface area contributed by atoms with Crippen molar-refractivity contribution in [3.8, 4) is 0 Å². The number of aryl methyl sites for hydroxylation is 1. The quantitative estimate of drug-likeness (QED) is 0.784. The third-order valence-corrected chi connectivity index (χ3v) is 3.20. The molecule has 1 aromatic heterocycles. The average molecular weight is 278 g/mol. The maximum atomic E-state index is 12.1. The van der Waals surface area contributed by atoms with Crippen LogP contribution in [-0.2, 0) is 6.54 Å². The molecule has 4 heteroatoms. The molecular formula is C15H16ClNO2. The molecule has 1 heterocycles. The van der Waals surface area contributed by atoms with Crippen molar-refractivity contribution in [2.45, 2.75) is 13.5 Å². The summed E-state index contributed by atoms with van der Waals surface area (Å²) in [6.45, 7) is 2.96. The molecule has 0 saturated carbocycles. The number of rotatable bonds is 5. The van der Waals surface area contributed by atoms with Gasteiger partial charge in [-0.2, -0.15) is 0 Å². The van der Waals surface area contributed by atoms with E-state index in [0.29, 0.717) is 23.7 Å². The van der Waals surface area contributed by atoms with E-state index in [4.69, 9.17) is 16.0 Å². The number of ketones is 1. The number of hydrogen-bond donors (Lipinski definition) is 0. The number of nitrogens with zero attached hydrogens (tertiary/aromatic N) is 1. The minimum Gasteiger partial charge on any atom is -0.469 e. The zero-order chi connectivity index (χ0) is 13.8. The lowest BCUT2D eigenvalue weighted by Crippen LogP contribution is -2.25. The Morgan fingerprint density at radius 1 is 1.37 bits per heavy atom. The zero-order valence-corrected chi connectivity index (χ0v) is 11.8. The van der Waals surface area contributed by atoms with Gasteiger partial charge in [-0.05, 0) is 32.2 Å². The van der Waals surface area contributed by atoms with Gasteiger partial charge in [0.05, 0.1) is 12.8 Å². The topological polar surface area (TPSA) is 33.5 Å². The van der Waals surface area contributed by atoms with Crippen LogP contribution in [-0.4, -0.2) is 24.3 Å². The third-order valence-electron chi connectivity index (χ3n) is 2.97. The van der Waals surface area contributed by atoms with Crippen LogP contribution in [0.3, 0.4) is 0 Å². The van der Waals surface area contributed by atoms with Crippen LogP contribution in [0.1, 0.15) is 21.7 Å². The Kier molecular flexibility index (Phi) is 4.40. The van der Waals surface area contributed by atoms with Crippen molar-refractivity contribution in [3.63, 3.8) is 0 Å². The minimum atomic E-state index is 0.0612. The summed E-state index contributed by atoms with van der Waals surface area (Å²) in [6, 6.07) is 8.95. The van der Waals surface area contributed by atoms with Gasteiger partial charge < -0.3 is 4.42 Å². The van der Waals surface area contributed by atoms with Gasteiger partial charge in [-0.25, -0.2) is 0 Å². The average Bonchev–Trinajstić information content (AvgIpc) is 2.75. The number of Topliss-reactive ketones (excluding diaryl/α,β-unsaturated/α-hetero) is 1. The maximum absolute atomic E-state index is 12.1. The second-order valence-corrected chi connectivity index (χ2v) is 5.04. The van der Waals surface area contributed by atoms with E-state index in [-0.39, 0.29) is 5.78 Å². The fourth-order valence-corrected chi connectivity index (χ4v) is 2.11. The Balaban J connectivity index is 1.97. The van der Waals surface area contributed by atoms with Gasteiger partial charge in [-0.3, -0.25) is 9.69 Å². The van der Waals surface area contributed by atoms with Crippen LogP contribution in [0, 0.1) is 6.92 Å². The van der Waals surface area contributed by atoms with E-state index in [9.17, 15) is 4.79 Å². The molecule has 3 nitrogen and oxygen atoms in total. The summed E-state index contributed by atoms with van der Waals surface area (Å²) >= 11 is 5.88. The molecule has 0 fully saturated rings. The van der Waals surface area contributed by atoms with Gasteiger partial charge in [0.25, 0.3) is 0 Å². The second kappa shape index (κ2) is 6.04. The van der Waals surface area contributed by atoms with E-state index in [1.165, 1.54) is 0 Å². The van der Waals surface area contributed by atoms with Gasteiger partial charge in [0.2, 0.25) is 0 Å². The largest absolute Gasteiger partial charge is 0.469 e. The van der Waals surface area contributed by atoms with E-state index in [1.54, 1.807) is 30.5 Å². The van der Waals surface area contributed by atoms with E-state index < -0.39 is 0 Å². The predicted molar refractivity (Wildman–Crippen MR) is 75.6 cm³/mol. The number of carbonyl (C=O) groups is 1. The Morgan fingerprint density at radius 2 is 2.16 bits per heavy atom. The summed E-state index contributed by atoms with van der Waals surface area (Å²) in [4.78, 5) is 14.1. The summed E-state index contributed by atoms with van der Waals surface area (Å²) < 4.78 is 5.24. The number of furan rings is 1. The Morgan fingerprint density at radius 3 is 2.79 bits per heavy atom. The van der Waals surface area contributed by atoms with Gasteiger partial charge in [0.15, 0.2) is 5.78 Å². The highest BCUT2D eigenvalue weighted by Gasteiger charge is 2.11. The first-order valence-electron chi connectivity index (χ1n) is 6.06.